The molecular weight excluding hydrogens is 273 g/mol. The van der Waals surface area contributed by atoms with Crippen LogP contribution in [0.4, 0.5) is 13.2 Å². The van der Waals surface area contributed by atoms with Crippen molar-refractivity contribution in [2.45, 2.75) is 13.3 Å². The Morgan fingerprint density at radius 3 is 2.45 bits per heavy atom. The highest BCUT2D eigenvalue weighted by molar-refractivity contribution is 6.09. The van der Waals surface area contributed by atoms with E-state index in [0.717, 1.165) is 6.07 Å². The Balaban J connectivity index is 2.37. The van der Waals surface area contributed by atoms with Gasteiger partial charge in [-0.15, -0.1) is 13.2 Å². The number of hydrogen-bond acceptors (Lipinski definition) is 4. The molecule has 0 spiro atoms. The van der Waals surface area contributed by atoms with Crippen molar-refractivity contribution in [1.29, 1.82) is 0 Å². The molecule has 4 nitrogen and oxygen atoms in total. The topological polar surface area (TPSA) is 52.1 Å². The van der Waals surface area contributed by atoms with Crippen molar-refractivity contribution < 1.29 is 22.7 Å². The smallest absolute Gasteiger partial charge is 0.405 e. The van der Waals surface area contributed by atoms with Gasteiger partial charge in [0.2, 0.25) is 5.78 Å². The number of aryl methyl sites for hydroxylation is 1. The largest absolute Gasteiger partial charge is 0.573 e. The van der Waals surface area contributed by atoms with E-state index in [1.807, 2.05) is 0 Å². The third-order valence-corrected chi connectivity index (χ3v) is 2.37. The Morgan fingerprint density at radius 2 is 1.85 bits per heavy atom. The molecule has 20 heavy (non-hydrogen) atoms. The summed E-state index contributed by atoms with van der Waals surface area (Å²) in [5.41, 5.74) is 0.332. The van der Waals surface area contributed by atoms with Gasteiger partial charge in [0.1, 0.15) is 11.4 Å². The highest BCUT2D eigenvalue weighted by atomic mass is 19.4. The lowest BCUT2D eigenvalue weighted by Crippen LogP contribution is -2.19. The van der Waals surface area contributed by atoms with E-state index in [4.69, 9.17) is 0 Å². The molecule has 1 heterocycles. The molecule has 104 valence electrons. The maximum Gasteiger partial charge on any atom is 0.573 e. The molecule has 1 aromatic carbocycles. The number of rotatable bonds is 3. The molecule has 0 radical (unpaired) electrons. The second-order valence-electron chi connectivity index (χ2n) is 3.92. The van der Waals surface area contributed by atoms with Gasteiger partial charge in [-0.05, 0) is 19.1 Å². The van der Waals surface area contributed by atoms with E-state index < -0.39 is 17.9 Å². The maximum absolute atomic E-state index is 12.3. The number of ketones is 1. The van der Waals surface area contributed by atoms with E-state index >= 15 is 0 Å². The molecule has 0 N–H and O–H groups in total. The van der Waals surface area contributed by atoms with Gasteiger partial charge in [-0.25, -0.2) is 4.98 Å². The summed E-state index contributed by atoms with van der Waals surface area (Å²) in [6.45, 7) is 1.68. The van der Waals surface area contributed by atoms with Crippen LogP contribution in [0, 0.1) is 6.92 Å². The van der Waals surface area contributed by atoms with Crippen molar-refractivity contribution in [3.05, 3.63) is 53.6 Å². The first-order valence-corrected chi connectivity index (χ1v) is 5.55. The predicted octanol–water partition coefficient (Wildman–Crippen LogP) is 2.91. The van der Waals surface area contributed by atoms with E-state index in [2.05, 4.69) is 14.7 Å². The summed E-state index contributed by atoms with van der Waals surface area (Å²) in [5.74, 6) is -1.25. The van der Waals surface area contributed by atoms with Crippen LogP contribution in [0.1, 0.15) is 21.7 Å². The molecule has 2 aromatic rings. The number of alkyl halides is 3. The normalized spacial score (nSPS) is 11.2. The van der Waals surface area contributed by atoms with Crippen LogP contribution >= 0.6 is 0 Å². The highest BCUT2D eigenvalue weighted by Crippen LogP contribution is 2.27. The Morgan fingerprint density at radius 1 is 1.15 bits per heavy atom. The summed E-state index contributed by atoms with van der Waals surface area (Å²) < 4.78 is 40.7. The van der Waals surface area contributed by atoms with Crippen LogP contribution in [-0.2, 0) is 0 Å². The third-order valence-electron chi connectivity index (χ3n) is 2.37. The minimum Gasteiger partial charge on any atom is -0.405 e. The molecule has 0 fully saturated rings. The minimum atomic E-state index is -4.87. The third kappa shape index (κ3) is 3.31. The highest BCUT2D eigenvalue weighted by Gasteiger charge is 2.33. The molecule has 0 aliphatic rings. The summed E-state index contributed by atoms with van der Waals surface area (Å²) in [7, 11) is 0. The van der Waals surface area contributed by atoms with Crippen LogP contribution in [0.15, 0.2) is 36.7 Å². The average Bonchev–Trinajstić information content (AvgIpc) is 2.37. The first kappa shape index (κ1) is 14.0. The number of halogens is 3. The van der Waals surface area contributed by atoms with Gasteiger partial charge >= 0.3 is 6.36 Å². The van der Waals surface area contributed by atoms with Gasteiger partial charge in [0.25, 0.3) is 0 Å². The summed E-state index contributed by atoms with van der Waals surface area (Å²) in [6, 6.07) is 5.10. The minimum absolute atomic E-state index is 0.0474. The van der Waals surface area contributed by atoms with Crippen LogP contribution in [0.5, 0.6) is 5.75 Å². The van der Waals surface area contributed by atoms with Crippen LogP contribution in [0.25, 0.3) is 0 Å². The van der Waals surface area contributed by atoms with E-state index in [0.29, 0.717) is 5.69 Å². The molecule has 0 amide bonds. The van der Waals surface area contributed by atoms with Crippen LogP contribution < -0.4 is 4.74 Å². The monoisotopic (exact) mass is 282 g/mol. The lowest BCUT2D eigenvalue weighted by Gasteiger charge is -2.12. The fourth-order valence-corrected chi connectivity index (χ4v) is 1.52. The number of hydrogen-bond donors (Lipinski definition) is 0. The zero-order chi connectivity index (χ0) is 14.8. The molecule has 0 aliphatic heterocycles. The van der Waals surface area contributed by atoms with Gasteiger partial charge in [0.15, 0.2) is 0 Å². The molecule has 0 atom stereocenters. The van der Waals surface area contributed by atoms with Crippen molar-refractivity contribution in [2.75, 3.05) is 0 Å². The molecule has 0 unspecified atom stereocenters. The molecule has 0 aliphatic carbocycles. The fourth-order valence-electron chi connectivity index (χ4n) is 1.52. The van der Waals surface area contributed by atoms with Crippen molar-refractivity contribution in [3.8, 4) is 5.75 Å². The number of para-hydroxylation sites is 1. The number of carbonyl (C=O) groups is 1. The van der Waals surface area contributed by atoms with Crippen LogP contribution in [0.3, 0.4) is 0 Å². The Labute approximate surface area is 112 Å². The van der Waals surface area contributed by atoms with Crippen LogP contribution in [-0.4, -0.2) is 22.1 Å². The van der Waals surface area contributed by atoms with Crippen molar-refractivity contribution in [3.63, 3.8) is 0 Å². The lowest BCUT2D eigenvalue weighted by atomic mass is 10.1. The average molecular weight is 282 g/mol. The standard InChI is InChI=1S/C13H9F3N2O2/c1-8-6-18-10(7-17-8)12(19)9-4-2-3-5-11(9)20-13(14,15)16/h2-7H,1H3. The molecular formula is C13H9F3N2O2. The van der Waals surface area contributed by atoms with Gasteiger partial charge in [-0.2, -0.15) is 0 Å². The molecule has 0 bridgehead atoms. The van der Waals surface area contributed by atoms with E-state index in [-0.39, 0.29) is 11.3 Å². The van der Waals surface area contributed by atoms with Gasteiger partial charge in [0.05, 0.1) is 17.5 Å². The number of aromatic nitrogens is 2. The Hall–Kier alpha value is -2.44. The summed E-state index contributed by atoms with van der Waals surface area (Å²) in [6.07, 6.45) is -2.29. The number of ether oxygens (including phenoxy) is 1. The van der Waals surface area contributed by atoms with Gasteiger partial charge in [0, 0.05) is 6.20 Å². The SMILES string of the molecule is Cc1cnc(C(=O)c2ccccc2OC(F)(F)F)cn1. The van der Waals surface area contributed by atoms with Gasteiger partial charge < -0.3 is 4.74 Å². The second kappa shape index (κ2) is 5.28. The number of carbonyl (C=O) groups excluding carboxylic acids is 1. The molecule has 2 rings (SSSR count). The van der Waals surface area contributed by atoms with Crippen molar-refractivity contribution >= 4 is 5.78 Å². The molecule has 1 aromatic heterocycles. The number of benzene rings is 1. The lowest BCUT2D eigenvalue weighted by molar-refractivity contribution is -0.274. The van der Waals surface area contributed by atoms with Crippen molar-refractivity contribution in [1.82, 2.24) is 9.97 Å². The van der Waals surface area contributed by atoms with E-state index in [1.165, 1.54) is 30.6 Å². The second-order valence-corrected chi connectivity index (χ2v) is 3.92. The van der Waals surface area contributed by atoms with Gasteiger partial charge in [-0.1, -0.05) is 12.1 Å². The summed E-state index contributed by atoms with van der Waals surface area (Å²) in [5, 5.41) is 0. The molecule has 0 saturated carbocycles. The molecule has 0 saturated heterocycles. The van der Waals surface area contributed by atoms with Crippen molar-refractivity contribution in [2.24, 2.45) is 0 Å². The Bertz CT molecular complexity index is 624. The summed E-state index contributed by atoms with van der Waals surface area (Å²) in [4.78, 5) is 19.8. The number of nitrogens with zero attached hydrogens (tertiary/aromatic N) is 2. The first-order chi connectivity index (χ1) is 9.37. The fraction of sp³-hybridized carbons (Fsp3) is 0.154. The maximum atomic E-state index is 12.3. The van der Waals surface area contributed by atoms with Gasteiger partial charge in [-0.3, -0.25) is 9.78 Å². The Kier molecular flexibility index (Phi) is 3.69. The van der Waals surface area contributed by atoms with Crippen LogP contribution in [0.2, 0.25) is 0 Å². The zero-order valence-electron chi connectivity index (χ0n) is 10.3. The first-order valence-electron chi connectivity index (χ1n) is 5.55. The van der Waals surface area contributed by atoms with E-state index in [9.17, 15) is 18.0 Å². The summed E-state index contributed by atoms with van der Waals surface area (Å²) >= 11 is 0. The van der Waals surface area contributed by atoms with E-state index in [1.54, 1.807) is 6.92 Å². The molecule has 7 heteroatoms. The predicted molar refractivity (Wildman–Crippen MR) is 63.3 cm³/mol. The quantitative estimate of drug-likeness (QED) is 0.812. The zero-order valence-corrected chi connectivity index (χ0v) is 10.3.